The molecule has 1 aromatic carbocycles. The molecule has 6 heteroatoms. The lowest BCUT2D eigenvalue weighted by Gasteiger charge is -2.11. The van der Waals surface area contributed by atoms with Gasteiger partial charge in [0.2, 0.25) is 0 Å². The first-order valence-corrected chi connectivity index (χ1v) is 7.76. The highest BCUT2D eigenvalue weighted by Gasteiger charge is 2.02. The van der Waals surface area contributed by atoms with Crippen molar-refractivity contribution in [2.45, 2.75) is 13.1 Å². The summed E-state index contributed by atoms with van der Waals surface area (Å²) < 4.78 is 14.0. The Kier molecular flexibility index (Phi) is 5.55. The number of nitrogens with one attached hydrogen (secondary N) is 2. The molecule has 1 aromatic heterocycles. The van der Waals surface area contributed by atoms with Gasteiger partial charge in [-0.25, -0.2) is 4.39 Å². The monoisotopic (exact) mass is 355 g/mol. The number of hydrogen-bond donors (Lipinski definition) is 2. The minimum Gasteiger partial charge on any atom is -0.352 e. The minimum atomic E-state index is -0.252. The van der Waals surface area contributed by atoms with E-state index < -0.39 is 0 Å². The number of rotatable bonds is 4. The second-order valence-electron chi connectivity index (χ2n) is 4.14. The quantitative estimate of drug-likeness (QED) is 0.650. The predicted molar refractivity (Wildman–Crippen MR) is 85.5 cm³/mol. The fourth-order valence-corrected chi connectivity index (χ4v) is 2.86. The van der Waals surface area contributed by atoms with Crippen LogP contribution in [0.2, 0.25) is 0 Å². The van der Waals surface area contributed by atoms with Crippen LogP contribution < -0.4 is 10.6 Å². The van der Waals surface area contributed by atoms with E-state index in [0.29, 0.717) is 12.5 Å². The van der Waals surface area contributed by atoms with Gasteiger partial charge in [0.15, 0.2) is 5.96 Å². The first-order valence-electron chi connectivity index (χ1n) is 6.09. The van der Waals surface area contributed by atoms with Gasteiger partial charge in [0, 0.05) is 22.9 Å². The van der Waals surface area contributed by atoms with Gasteiger partial charge in [-0.2, -0.15) is 0 Å². The van der Waals surface area contributed by atoms with Gasteiger partial charge in [0.05, 0.1) is 6.54 Å². The van der Waals surface area contributed by atoms with Crippen LogP contribution in [0, 0.1) is 5.82 Å². The van der Waals surface area contributed by atoms with Crippen LogP contribution in [-0.4, -0.2) is 13.0 Å². The number of aliphatic imine (C=N–C) groups is 1. The van der Waals surface area contributed by atoms with Crippen molar-refractivity contribution in [2.75, 3.05) is 7.05 Å². The fourth-order valence-electron chi connectivity index (χ4n) is 1.70. The molecule has 0 unspecified atom stereocenters. The Morgan fingerprint density at radius 2 is 2.10 bits per heavy atom. The zero-order valence-electron chi connectivity index (χ0n) is 11.0. The third-order valence-corrected chi connectivity index (χ3v) is 3.95. The molecule has 2 rings (SSSR count). The Labute approximate surface area is 130 Å². The second-order valence-corrected chi connectivity index (χ2v) is 6.08. The number of hydrogen-bond acceptors (Lipinski definition) is 2. The molecule has 0 aliphatic rings. The van der Waals surface area contributed by atoms with E-state index in [1.807, 2.05) is 17.5 Å². The molecule has 0 fully saturated rings. The normalized spacial score (nSPS) is 11.4. The molecule has 0 saturated heterocycles. The summed E-state index contributed by atoms with van der Waals surface area (Å²) in [4.78, 5) is 5.38. The molecule has 0 amide bonds. The first kappa shape index (κ1) is 15.0. The molecule has 106 valence electrons. The van der Waals surface area contributed by atoms with Crippen molar-refractivity contribution < 1.29 is 4.39 Å². The van der Waals surface area contributed by atoms with Crippen molar-refractivity contribution in [3.63, 3.8) is 0 Å². The van der Waals surface area contributed by atoms with Crippen molar-refractivity contribution >= 4 is 33.2 Å². The summed E-state index contributed by atoms with van der Waals surface area (Å²) in [7, 11) is 1.71. The summed E-state index contributed by atoms with van der Waals surface area (Å²) in [5, 5.41) is 8.41. The lowest BCUT2D eigenvalue weighted by atomic mass is 10.2. The number of guanidine groups is 1. The van der Waals surface area contributed by atoms with E-state index in [1.54, 1.807) is 18.4 Å². The molecule has 0 saturated carbocycles. The molecule has 0 radical (unpaired) electrons. The summed E-state index contributed by atoms with van der Waals surface area (Å²) in [6.07, 6.45) is 0. The van der Waals surface area contributed by atoms with E-state index in [4.69, 9.17) is 0 Å². The Morgan fingerprint density at radius 3 is 2.75 bits per heavy atom. The van der Waals surface area contributed by atoms with Crippen LogP contribution in [-0.2, 0) is 13.1 Å². The van der Waals surface area contributed by atoms with Crippen molar-refractivity contribution in [3.05, 3.63) is 56.4 Å². The van der Waals surface area contributed by atoms with Crippen LogP contribution in [0.4, 0.5) is 4.39 Å². The lowest BCUT2D eigenvalue weighted by molar-refractivity contribution is 0.623. The molecule has 0 aliphatic heterocycles. The summed E-state index contributed by atoms with van der Waals surface area (Å²) in [5.41, 5.74) is 0.857. The molecule has 2 N–H and O–H groups in total. The van der Waals surface area contributed by atoms with Crippen molar-refractivity contribution in [3.8, 4) is 0 Å². The topological polar surface area (TPSA) is 36.4 Å². The smallest absolute Gasteiger partial charge is 0.191 e. The van der Waals surface area contributed by atoms with Crippen LogP contribution in [0.1, 0.15) is 10.4 Å². The van der Waals surface area contributed by atoms with Crippen LogP contribution >= 0.6 is 27.3 Å². The molecule has 1 heterocycles. The van der Waals surface area contributed by atoms with E-state index in [9.17, 15) is 4.39 Å². The van der Waals surface area contributed by atoms with Gasteiger partial charge in [-0.15, -0.1) is 11.3 Å². The number of halogens is 2. The van der Waals surface area contributed by atoms with Crippen LogP contribution in [0.15, 0.2) is 45.2 Å². The molecule has 0 atom stereocenters. The van der Waals surface area contributed by atoms with Gasteiger partial charge in [-0.05, 0) is 35.2 Å². The van der Waals surface area contributed by atoms with Crippen LogP contribution in [0.25, 0.3) is 0 Å². The molecular weight excluding hydrogens is 341 g/mol. The van der Waals surface area contributed by atoms with Crippen molar-refractivity contribution in [1.82, 2.24) is 10.6 Å². The first-order chi connectivity index (χ1) is 9.67. The third-order valence-electron chi connectivity index (χ3n) is 2.62. The maximum absolute atomic E-state index is 13.3. The van der Waals surface area contributed by atoms with Crippen LogP contribution in [0.3, 0.4) is 0 Å². The molecule has 0 aliphatic carbocycles. The third kappa shape index (κ3) is 4.61. The average molecular weight is 356 g/mol. The van der Waals surface area contributed by atoms with E-state index in [1.165, 1.54) is 17.0 Å². The largest absolute Gasteiger partial charge is 0.352 e. The van der Waals surface area contributed by atoms with E-state index in [0.717, 1.165) is 16.6 Å². The fraction of sp³-hybridized carbons (Fsp3) is 0.214. The van der Waals surface area contributed by atoms with Gasteiger partial charge >= 0.3 is 0 Å². The summed E-state index contributed by atoms with van der Waals surface area (Å²) >= 11 is 4.97. The van der Waals surface area contributed by atoms with Crippen LogP contribution in [0.5, 0.6) is 0 Å². The predicted octanol–water partition coefficient (Wildman–Crippen LogP) is 3.51. The molecule has 3 nitrogen and oxygen atoms in total. The number of nitrogens with zero attached hydrogens (tertiary/aromatic N) is 1. The Balaban J connectivity index is 1.87. The van der Waals surface area contributed by atoms with E-state index in [-0.39, 0.29) is 5.82 Å². The number of thiophene rings is 1. The highest BCUT2D eigenvalue weighted by molar-refractivity contribution is 9.10. The SMILES string of the molecule is CN=C(NCc1cc(F)cc(Br)c1)NCc1cccs1. The lowest BCUT2D eigenvalue weighted by Crippen LogP contribution is -2.36. The Morgan fingerprint density at radius 1 is 1.30 bits per heavy atom. The maximum Gasteiger partial charge on any atom is 0.191 e. The number of benzene rings is 1. The van der Waals surface area contributed by atoms with Gasteiger partial charge in [0.1, 0.15) is 5.82 Å². The zero-order valence-corrected chi connectivity index (χ0v) is 13.4. The highest BCUT2D eigenvalue weighted by atomic mass is 79.9. The van der Waals surface area contributed by atoms with Crippen molar-refractivity contribution in [2.24, 2.45) is 4.99 Å². The minimum absolute atomic E-state index is 0.252. The molecule has 20 heavy (non-hydrogen) atoms. The Bertz CT molecular complexity index is 564. The van der Waals surface area contributed by atoms with Gasteiger partial charge in [-0.3, -0.25) is 4.99 Å². The van der Waals surface area contributed by atoms with Gasteiger partial charge < -0.3 is 10.6 Å². The molecule has 2 aromatic rings. The molecular formula is C14H15BrFN3S. The standard InChI is InChI=1S/C14H15BrFN3S/c1-17-14(19-9-13-3-2-4-20-13)18-8-10-5-11(15)7-12(16)6-10/h2-7H,8-9H2,1H3,(H2,17,18,19). The molecule has 0 bridgehead atoms. The van der Waals surface area contributed by atoms with Gasteiger partial charge in [-0.1, -0.05) is 22.0 Å². The second kappa shape index (κ2) is 7.40. The Hall–Kier alpha value is -1.40. The zero-order chi connectivity index (χ0) is 14.4. The van der Waals surface area contributed by atoms with Crippen molar-refractivity contribution in [1.29, 1.82) is 0 Å². The average Bonchev–Trinajstić information content (AvgIpc) is 2.91. The summed E-state index contributed by atoms with van der Waals surface area (Å²) in [5.74, 6) is 0.441. The highest BCUT2D eigenvalue weighted by Crippen LogP contribution is 2.14. The summed E-state index contributed by atoms with van der Waals surface area (Å²) in [6.45, 7) is 1.24. The maximum atomic E-state index is 13.3. The van der Waals surface area contributed by atoms with Gasteiger partial charge in [0.25, 0.3) is 0 Å². The van der Waals surface area contributed by atoms with E-state index >= 15 is 0 Å². The van der Waals surface area contributed by atoms with E-state index in [2.05, 4.69) is 37.6 Å². The summed E-state index contributed by atoms with van der Waals surface area (Å²) in [6, 6.07) is 8.90. The molecule has 0 spiro atoms.